The zero-order chi connectivity index (χ0) is 13.5. The number of hydrogen-bond acceptors (Lipinski definition) is 3. The Morgan fingerprint density at radius 2 is 2.11 bits per heavy atom. The van der Waals surface area contributed by atoms with E-state index < -0.39 is 0 Å². The van der Waals surface area contributed by atoms with Crippen LogP contribution in [0.3, 0.4) is 0 Å². The molecule has 1 aromatic heterocycles. The van der Waals surface area contributed by atoms with E-state index in [-0.39, 0.29) is 5.69 Å². The maximum absolute atomic E-state index is 11.7. The van der Waals surface area contributed by atoms with Crippen molar-refractivity contribution in [3.05, 3.63) is 40.8 Å². The molecule has 0 aliphatic rings. The molecule has 0 saturated heterocycles. The summed E-state index contributed by atoms with van der Waals surface area (Å²) in [5.74, 6) is 0.539. The van der Waals surface area contributed by atoms with Crippen molar-refractivity contribution in [3.63, 3.8) is 0 Å². The molecule has 0 saturated carbocycles. The zero-order valence-corrected chi connectivity index (χ0v) is 11.0. The summed E-state index contributed by atoms with van der Waals surface area (Å²) in [6, 6.07) is 9.54. The lowest BCUT2D eigenvalue weighted by atomic mass is 10.2. The molecule has 1 N–H and O–H groups in total. The van der Waals surface area contributed by atoms with E-state index in [1.165, 1.54) is 17.5 Å². The lowest BCUT2D eigenvalue weighted by Crippen LogP contribution is -2.13. The van der Waals surface area contributed by atoms with Crippen LogP contribution in [-0.2, 0) is 0 Å². The van der Waals surface area contributed by atoms with Crippen molar-refractivity contribution in [3.8, 4) is 11.4 Å². The highest BCUT2D eigenvalue weighted by molar-refractivity contribution is 5.59. The fraction of sp³-hybridized carbons (Fsp3) is 0.357. The Labute approximate surface area is 112 Å². The molecule has 0 radical (unpaired) electrons. The van der Waals surface area contributed by atoms with Crippen LogP contribution in [0.25, 0.3) is 11.4 Å². The van der Waals surface area contributed by atoms with Crippen LogP contribution in [0.2, 0.25) is 0 Å². The van der Waals surface area contributed by atoms with Gasteiger partial charge in [0.2, 0.25) is 0 Å². The van der Waals surface area contributed by atoms with Crippen LogP contribution in [-0.4, -0.2) is 21.1 Å². The molecule has 0 amide bonds. The molecule has 2 rings (SSSR count). The van der Waals surface area contributed by atoms with Gasteiger partial charge in [-0.25, -0.2) is 9.89 Å². The smallest absolute Gasteiger partial charge is 0.244 e. The summed E-state index contributed by atoms with van der Waals surface area (Å²) >= 11 is 0. The molecule has 1 heterocycles. The molecule has 0 aliphatic heterocycles. The Morgan fingerprint density at radius 3 is 2.84 bits per heavy atom. The maximum atomic E-state index is 11.7. The predicted molar refractivity (Wildman–Crippen MR) is 76.3 cm³/mol. The van der Waals surface area contributed by atoms with Gasteiger partial charge in [0.25, 0.3) is 0 Å². The average Bonchev–Trinajstić information content (AvgIpc) is 2.81. The number of rotatable bonds is 6. The van der Waals surface area contributed by atoms with Gasteiger partial charge in [0.15, 0.2) is 5.82 Å². The van der Waals surface area contributed by atoms with Gasteiger partial charge < -0.3 is 0 Å². The molecular weight excluding hydrogens is 240 g/mol. The van der Waals surface area contributed by atoms with Crippen LogP contribution >= 0.6 is 0 Å². The van der Waals surface area contributed by atoms with Crippen LogP contribution in [0.4, 0.5) is 0 Å². The first-order valence-electron chi connectivity index (χ1n) is 6.58. The van der Waals surface area contributed by atoms with Crippen LogP contribution in [0.1, 0.15) is 32.6 Å². The van der Waals surface area contributed by atoms with Crippen molar-refractivity contribution in [2.24, 2.45) is 5.10 Å². The second-order valence-electron chi connectivity index (χ2n) is 4.32. The van der Waals surface area contributed by atoms with E-state index in [0.29, 0.717) is 5.82 Å². The number of aromatic nitrogens is 3. The topological polar surface area (TPSA) is 63.0 Å². The molecule has 100 valence electrons. The number of nitrogens with zero attached hydrogens (tertiary/aromatic N) is 3. The highest BCUT2D eigenvalue weighted by Crippen LogP contribution is 2.13. The Bertz CT molecular complexity index is 583. The lowest BCUT2D eigenvalue weighted by molar-refractivity contribution is 0.740. The standard InChI is InChI=1S/C14H18N4O/c1-2-3-4-8-11-15-18-13(16-17-14(18)19)12-9-6-5-7-10-12/h5-7,9-11H,2-4,8H2,1H3,(H,17,19)/b15-11+. The Hall–Kier alpha value is -2.17. The number of unbranched alkanes of at least 4 members (excludes halogenated alkanes) is 3. The average molecular weight is 258 g/mol. The van der Waals surface area contributed by atoms with E-state index in [2.05, 4.69) is 22.2 Å². The van der Waals surface area contributed by atoms with E-state index in [1.807, 2.05) is 30.3 Å². The van der Waals surface area contributed by atoms with Crippen molar-refractivity contribution in [1.29, 1.82) is 0 Å². The van der Waals surface area contributed by atoms with Gasteiger partial charge in [0, 0.05) is 11.8 Å². The fourth-order valence-electron chi connectivity index (χ4n) is 1.80. The second kappa shape index (κ2) is 6.68. The molecule has 0 bridgehead atoms. The fourth-order valence-corrected chi connectivity index (χ4v) is 1.80. The summed E-state index contributed by atoms with van der Waals surface area (Å²) in [4.78, 5) is 11.7. The summed E-state index contributed by atoms with van der Waals surface area (Å²) < 4.78 is 1.31. The van der Waals surface area contributed by atoms with Gasteiger partial charge in [-0.1, -0.05) is 50.1 Å². The van der Waals surface area contributed by atoms with Crippen molar-refractivity contribution >= 4 is 6.21 Å². The predicted octanol–water partition coefficient (Wildman–Crippen LogP) is 2.65. The first kappa shape index (κ1) is 13.3. The van der Waals surface area contributed by atoms with Gasteiger partial charge in [-0.2, -0.15) is 14.9 Å². The van der Waals surface area contributed by atoms with Crippen molar-refractivity contribution in [2.45, 2.75) is 32.6 Å². The monoisotopic (exact) mass is 258 g/mol. The van der Waals surface area contributed by atoms with Gasteiger partial charge in [-0.05, 0) is 12.8 Å². The van der Waals surface area contributed by atoms with Crippen molar-refractivity contribution < 1.29 is 0 Å². The van der Waals surface area contributed by atoms with Crippen molar-refractivity contribution in [2.75, 3.05) is 0 Å². The van der Waals surface area contributed by atoms with Gasteiger partial charge in [-0.15, -0.1) is 0 Å². The molecule has 0 atom stereocenters. The first-order chi connectivity index (χ1) is 9.33. The van der Waals surface area contributed by atoms with Gasteiger partial charge in [-0.3, -0.25) is 0 Å². The van der Waals surface area contributed by atoms with E-state index in [1.54, 1.807) is 6.21 Å². The summed E-state index contributed by atoms with van der Waals surface area (Å²) in [6.07, 6.45) is 6.10. The minimum Gasteiger partial charge on any atom is -0.244 e. The molecule has 0 fully saturated rings. The molecule has 0 aliphatic carbocycles. The molecule has 2 aromatic rings. The summed E-state index contributed by atoms with van der Waals surface area (Å²) in [6.45, 7) is 2.16. The summed E-state index contributed by atoms with van der Waals surface area (Å²) in [5.41, 5.74) is 0.553. The second-order valence-corrected chi connectivity index (χ2v) is 4.32. The minimum absolute atomic E-state index is 0.314. The highest BCUT2D eigenvalue weighted by atomic mass is 16.2. The molecular formula is C14H18N4O. The number of H-pyrrole nitrogens is 1. The number of aromatic amines is 1. The normalized spacial score (nSPS) is 11.2. The maximum Gasteiger partial charge on any atom is 0.364 e. The van der Waals surface area contributed by atoms with E-state index in [9.17, 15) is 4.79 Å². The molecule has 1 aromatic carbocycles. The van der Waals surface area contributed by atoms with E-state index in [0.717, 1.165) is 18.4 Å². The molecule has 5 heteroatoms. The van der Waals surface area contributed by atoms with Gasteiger partial charge in [0.05, 0.1) is 0 Å². The summed E-state index contributed by atoms with van der Waals surface area (Å²) in [7, 11) is 0. The van der Waals surface area contributed by atoms with E-state index in [4.69, 9.17) is 0 Å². The number of hydrogen-bond donors (Lipinski definition) is 1. The van der Waals surface area contributed by atoms with Crippen LogP contribution in [0, 0.1) is 0 Å². The lowest BCUT2D eigenvalue weighted by Gasteiger charge is -1.99. The third-order valence-corrected chi connectivity index (χ3v) is 2.82. The van der Waals surface area contributed by atoms with Crippen LogP contribution in [0.15, 0.2) is 40.2 Å². The third kappa shape index (κ3) is 3.40. The number of benzene rings is 1. The van der Waals surface area contributed by atoms with E-state index >= 15 is 0 Å². The SMILES string of the molecule is CCCCC/C=N/n1c(-c2ccccc2)n[nH]c1=O. The molecule has 0 spiro atoms. The van der Waals surface area contributed by atoms with Crippen LogP contribution in [0.5, 0.6) is 0 Å². The van der Waals surface area contributed by atoms with Gasteiger partial charge >= 0.3 is 5.69 Å². The quantitative estimate of drug-likeness (QED) is 0.639. The molecule has 0 unspecified atom stereocenters. The highest BCUT2D eigenvalue weighted by Gasteiger charge is 2.08. The Balaban J connectivity index is 2.17. The van der Waals surface area contributed by atoms with Crippen molar-refractivity contribution in [1.82, 2.24) is 14.9 Å². The Kier molecular flexibility index (Phi) is 4.66. The number of nitrogens with one attached hydrogen (secondary N) is 1. The third-order valence-electron chi connectivity index (χ3n) is 2.82. The van der Waals surface area contributed by atoms with Crippen LogP contribution < -0.4 is 5.69 Å². The van der Waals surface area contributed by atoms with Gasteiger partial charge in [0.1, 0.15) is 0 Å². The molecule has 5 nitrogen and oxygen atoms in total. The Morgan fingerprint density at radius 1 is 1.32 bits per heavy atom. The molecule has 19 heavy (non-hydrogen) atoms. The summed E-state index contributed by atoms with van der Waals surface area (Å²) in [5, 5.41) is 10.6. The first-order valence-corrected chi connectivity index (χ1v) is 6.58. The minimum atomic E-state index is -0.314. The largest absolute Gasteiger partial charge is 0.364 e. The zero-order valence-electron chi connectivity index (χ0n) is 11.0.